The van der Waals surface area contributed by atoms with Gasteiger partial charge in [-0.1, -0.05) is 30.4 Å². The largest absolute Gasteiger partial charge is 0.504 e. The Hall–Kier alpha value is -3.66. The van der Waals surface area contributed by atoms with E-state index >= 15 is 0 Å². The number of nitrogens with zero attached hydrogens (tertiary/aromatic N) is 3. The standard InChI is InChI=1S/C20H18N4O5S/c1-22-14-9-5-4-8-13(14)19-16(22)18(25)17(23(2)30(19,27)28)20(26)21-24-11-12-7-3-6-10-15(12)29-24/h3-6,8-11,25H,7H2,1-2H3,(H,21,26). The summed E-state index contributed by atoms with van der Waals surface area (Å²) in [7, 11) is -1.19. The lowest BCUT2D eigenvalue weighted by Crippen LogP contribution is -2.44. The van der Waals surface area contributed by atoms with Crippen LogP contribution in [0.5, 0.6) is 0 Å². The normalized spacial score (nSPS) is 19.3. The molecular formula is C20H18N4O5S. The number of amides is 1. The maximum atomic E-state index is 13.2. The predicted octanol–water partition coefficient (Wildman–Crippen LogP) is 2.05. The first-order chi connectivity index (χ1) is 14.3. The number of para-hydroxylation sites is 1. The predicted molar refractivity (Wildman–Crippen MR) is 108 cm³/mol. The Morgan fingerprint density at radius 2 is 2.00 bits per heavy atom. The number of nitrogens with one attached hydrogen (secondary N) is 1. The molecule has 3 heterocycles. The van der Waals surface area contributed by atoms with Gasteiger partial charge in [-0.3, -0.25) is 9.10 Å². The number of hydrazine groups is 1. The van der Waals surface area contributed by atoms with E-state index in [2.05, 4.69) is 5.43 Å². The Balaban J connectivity index is 1.59. The number of rotatable bonds is 2. The van der Waals surface area contributed by atoms with E-state index < -0.39 is 27.4 Å². The van der Waals surface area contributed by atoms with Crippen LogP contribution in [0.25, 0.3) is 16.7 Å². The number of aryl methyl sites for hydroxylation is 1. The number of aromatic nitrogens is 1. The van der Waals surface area contributed by atoms with Crippen molar-refractivity contribution in [2.24, 2.45) is 7.05 Å². The lowest BCUT2D eigenvalue weighted by atomic mass is 10.1. The molecule has 0 bridgehead atoms. The van der Waals surface area contributed by atoms with Crippen molar-refractivity contribution in [1.82, 2.24) is 19.5 Å². The van der Waals surface area contributed by atoms with Gasteiger partial charge in [-0.15, -0.1) is 5.17 Å². The van der Waals surface area contributed by atoms with Gasteiger partial charge < -0.3 is 14.5 Å². The third kappa shape index (κ3) is 2.40. The summed E-state index contributed by atoms with van der Waals surface area (Å²) in [5, 5.41) is 12.5. The highest BCUT2D eigenvalue weighted by Gasteiger charge is 2.42. The van der Waals surface area contributed by atoms with Gasteiger partial charge in [-0.25, -0.2) is 13.8 Å². The Morgan fingerprint density at radius 1 is 1.23 bits per heavy atom. The summed E-state index contributed by atoms with van der Waals surface area (Å²) in [5.74, 6) is -0.654. The summed E-state index contributed by atoms with van der Waals surface area (Å²) in [4.78, 5) is 18.5. The number of allylic oxidation sites excluding steroid dienone is 4. The van der Waals surface area contributed by atoms with Crippen molar-refractivity contribution in [3.8, 4) is 0 Å². The maximum absolute atomic E-state index is 13.2. The van der Waals surface area contributed by atoms with Gasteiger partial charge >= 0.3 is 0 Å². The maximum Gasteiger partial charge on any atom is 0.293 e. The quantitative estimate of drug-likeness (QED) is 0.762. The number of sulfonamides is 1. The summed E-state index contributed by atoms with van der Waals surface area (Å²) in [5.41, 5.74) is 3.66. The minimum absolute atomic E-state index is 0.0288. The highest BCUT2D eigenvalue weighted by molar-refractivity contribution is 7.89. The first-order valence-corrected chi connectivity index (χ1v) is 10.6. The summed E-state index contributed by atoms with van der Waals surface area (Å²) in [6, 6.07) is 6.93. The second-order valence-electron chi connectivity index (χ2n) is 7.10. The summed E-state index contributed by atoms with van der Waals surface area (Å²) >= 11 is 0. The number of hydroxylamine groups is 1. The van der Waals surface area contributed by atoms with Crippen molar-refractivity contribution < 1.29 is 23.2 Å². The lowest BCUT2D eigenvalue weighted by molar-refractivity contribution is -0.143. The first-order valence-electron chi connectivity index (χ1n) is 9.16. The van der Waals surface area contributed by atoms with Crippen LogP contribution in [0.2, 0.25) is 0 Å². The van der Waals surface area contributed by atoms with Crippen LogP contribution in [0.1, 0.15) is 12.1 Å². The molecule has 0 spiro atoms. The van der Waals surface area contributed by atoms with E-state index in [1.807, 2.05) is 12.2 Å². The van der Waals surface area contributed by atoms with E-state index in [9.17, 15) is 18.3 Å². The second-order valence-corrected chi connectivity index (χ2v) is 9.01. The summed E-state index contributed by atoms with van der Waals surface area (Å²) in [6.07, 6.45) is 7.80. The van der Waals surface area contributed by atoms with Crippen molar-refractivity contribution >= 4 is 32.6 Å². The molecule has 154 valence electrons. The Bertz CT molecular complexity index is 1350. The van der Waals surface area contributed by atoms with Crippen LogP contribution in [-0.4, -0.2) is 40.5 Å². The van der Waals surface area contributed by atoms with Crippen LogP contribution in [0.4, 0.5) is 0 Å². The fourth-order valence-corrected chi connectivity index (χ4v) is 5.51. The summed E-state index contributed by atoms with van der Waals surface area (Å²) < 4.78 is 28.9. The molecule has 1 aliphatic carbocycles. The number of aliphatic hydroxyl groups excluding tert-OH is 1. The number of aliphatic hydroxyl groups is 1. The molecule has 2 N–H and O–H groups in total. The van der Waals surface area contributed by atoms with Gasteiger partial charge in [0, 0.05) is 30.6 Å². The van der Waals surface area contributed by atoms with Crippen molar-refractivity contribution in [2.75, 3.05) is 7.05 Å². The summed E-state index contributed by atoms with van der Waals surface area (Å²) in [6.45, 7) is 0. The molecule has 0 fully saturated rings. The molecule has 3 aliphatic rings. The van der Waals surface area contributed by atoms with Gasteiger partial charge in [0.05, 0.1) is 6.20 Å². The molecule has 0 radical (unpaired) electrons. The molecular weight excluding hydrogens is 408 g/mol. The van der Waals surface area contributed by atoms with Gasteiger partial charge in [-0.05, 0) is 18.6 Å². The van der Waals surface area contributed by atoms with Crippen LogP contribution in [0, 0.1) is 0 Å². The average Bonchev–Trinajstić information content (AvgIpc) is 3.25. The first kappa shape index (κ1) is 18.4. The van der Waals surface area contributed by atoms with Crippen LogP contribution in [0.3, 0.4) is 0 Å². The second kappa shape index (κ2) is 6.17. The van der Waals surface area contributed by atoms with Gasteiger partial charge in [0.15, 0.2) is 17.2 Å². The van der Waals surface area contributed by atoms with Crippen molar-refractivity contribution in [3.05, 3.63) is 71.4 Å². The molecule has 0 atom stereocenters. The monoisotopic (exact) mass is 426 g/mol. The molecule has 0 unspecified atom stereocenters. The SMILES string of the molecule is CN1C(C(=O)NN2C=C3CC=CC=C3O2)=C(O)c2c(c3ccccc3n2C)S1(=O)=O. The number of carbonyl (C=O) groups excluding carboxylic acids is 1. The van der Waals surface area contributed by atoms with E-state index in [-0.39, 0.29) is 10.6 Å². The Kier molecular flexibility index (Phi) is 3.78. The number of likely N-dealkylation sites (N-methyl/N-ethyl adjacent to an activating group) is 1. The van der Waals surface area contributed by atoms with E-state index in [0.717, 1.165) is 15.1 Å². The number of carbonyl (C=O) groups is 1. The van der Waals surface area contributed by atoms with Gasteiger partial charge in [0.2, 0.25) is 0 Å². The smallest absolute Gasteiger partial charge is 0.293 e. The Morgan fingerprint density at radius 3 is 2.77 bits per heavy atom. The van der Waals surface area contributed by atoms with Gasteiger partial charge in [0.25, 0.3) is 15.9 Å². The Labute approximate surface area is 172 Å². The zero-order chi connectivity index (χ0) is 21.2. The molecule has 0 saturated carbocycles. The van der Waals surface area contributed by atoms with Crippen LogP contribution >= 0.6 is 0 Å². The van der Waals surface area contributed by atoms with Gasteiger partial charge in [-0.2, -0.15) is 0 Å². The van der Waals surface area contributed by atoms with E-state index in [0.29, 0.717) is 23.1 Å². The average molecular weight is 426 g/mol. The zero-order valence-corrected chi connectivity index (χ0v) is 17.0. The number of hydrogen-bond donors (Lipinski definition) is 2. The van der Waals surface area contributed by atoms with Crippen LogP contribution in [-0.2, 0) is 26.7 Å². The van der Waals surface area contributed by atoms with E-state index in [1.165, 1.54) is 7.05 Å². The fraction of sp³-hybridized carbons (Fsp3) is 0.150. The van der Waals surface area contributed by atoms with E-state index in [4.69, 9.17) is 4.84 Å². The highest BCUT2D eigenvalue weighted by Crippen LogP contribution is 2.40. The third-order valence-electron chi connectivity index (χ3n) is 5.38. The molecule has 1 aromatic carbocycles. The molecule has 0 saturated heterocycles. The van der Waals surface area contributed by atoms with Crippen molar-refractivity contribution in [1.29, 1.82) is 0 Å². The molecule has 2 aliphatic heterocycles. The lowest BCUT2D eigenvalue weighted by Gasteiger charge is -2.28. The van der Waals surface area contributed by atoms with Crippen molar-refractivity contribution in [2.45, 2.75) is 11.3 Å². The zero-order valence-electron chi connectivity index (χ0n) is 16.2. The topological polar surface area (TPSA) is 104 Å². The molecule has 2 aromatic rings. The van der Waals surface area contributed by atoms with Crippen LogP contribution < -0.4 is 5.43 Å². The molecule has 5 rings (SSSR count). The van der Waals surface area contributed by atoms with Crippen LogP contribution in [0.15, 0.2) is 70.6 Å². The molecule has 10 heteroatoms. The molecule has 1 amide bonds. The molecule has 9 nitrogen and oxygen atoms in total. The van der Waals surface area contributed by atoms with E-state index in [1.54, 1.807) is 48.2 Å². The van der Waals surface area contributed by atoms with Crippen molar-refractivity contribution in [3.63, 3.8) is 0 Å². The highest BCUT2D eigenvalue weighted by atomic mass is 32.2. The fourth-order valence-electron chi connectivity index (χ4n) is 3.90. The minimum atomic E-state index is -4.07. The minimum Gasteiger partial charge on any atom is -0.504 e. The molecule has 1 aromatic heterocycles. The number of hydrogen-bond acceptors (Lipinski definition) is 6. The molecule has 30 heavy (non-hydrogen) atoms. The number of fused-ring (bicyclic) bond motifs is 4. The van der Waals surface area contributed by atoms with Gasteiger partial charge in [0.1, 0.15) is 10.6 Å². The number of benzene rings is 1. The third-order valence-corrected chi connectivity index (χ3v) is 7.21.